The quantitative estimate of drug-likeness (QED) is 0.758. The summed E-state index contributed by atoms with van der Waals surface area (Å²) >= 11 is 0. The van der Waals surface area contributed by atoms with E-state index in [1.807, 2.05) is 42.6 Å². The molecule has 1 aromatic heterocycles. The minimum absolute atomic E-state index is 0.845. The Bertz CT molecular complexity index is 426. The van der Waals surface area contributed by atoms with Gasteiger partial charge in [0.05, 0.1) is 7.11 Å². The van der Waals surface area contributed by atoms with Crippen LogP contribution in [-0.2, 0) is 6.42 Å². The van der Waals surface area contributed by atoms with E-state index in [4.69, 9.17) is 4.74 Å². The van der Waals surface area contributed by atoms with Crippen LogP contribution in [0.2, 0.25) is 0 Å². The maximum Gasteiger partial charge on any atom is 0.119 e. The van der Waals surface area contributed by atoms with E-state index in [0.29, 0.717) is 0 Å². The highest BCUT2D eigenvalue weighted by Gasteiger charge is 1.98. The van der Waals surface area contributed by atoms with Crippen molar-refractivity contribution in [3.8, 4) is 5.75 Å². The molecule has 15 heavy (non-hydrogen) atoms. The van der Waals surface area contributed by atoms with Crippen molar-refractivity contribution in [2.75, 3.05) is 7.11 Å². The van der Waals surface area contributed by atoms with Crippen LogP contribution in [0.15, 0.2) is 48.7 Å². The van der Waals surface area contributed by atoms with Crippen LogP contribution >= 0.6 is 0 Å². The smallest absolute Gasteiger partial charge is 0.119 e. The lowest BCUT2D eigenvalue weighted by molar-refractivity contribution is 0.414. The molecule has 0 radical (unpaired) electrons. The topological polar surface area (TPSA) is 22.1 Å². The van der Waals surface area contributed by atoms with Crippen molar-refractivity contribution < 1.29 is 4.74 Å². The zero-order chi connectivity index (χ0) is 10.5. The minimum atomic E-state index is 0.845. The fraction of sp³-hybridized carbons (Fsp3) is 0.154. The monoisotopic (exact) mass is 199 g/mol. The van der Waals surface area contributed by atoms with Gasteiger partial charge in [0.15, 0.2) is 0 Å². The molecule has 0 aliphatic carbocycles. The highest BCUT2D eigenvalue weighted by molar-refractivity contribution is 5.30. The lowest BCUT2D eigenvalue weighted by atomic mass is 10.1. The standard InChI is InChI=1S/C13H13NO/c1-15-13-7-4-5-11(10-13)9-12-6-2-3-8-14-12/h2-8,10H,9H2,1H3. The molecule has 76 valence electrons. The zero-order valence-corrected chi connectivity index (χ0v) is 8.68. The number of hydrogen-bond donors (Lipinski definition) is 0. The Labute approximate surface area is 89.6 Å². The van der Waals surface area contributed by atoms with Gasteiger partial charge in [-0.1, -0.05) is 18.2 Å². The van der Waals surface area contributed by atoms with E-state index in [2.05, 4.69) is 11.1 Å². The number of benzene rings is 1. The van der Waals surface area contributed by atoms with Crippen LogP contribution < -0.4 is 4.74 Å². The van der Waals surface area contributed by atoms with Crippen LogP contribution in [0.1, 0.15) is 11.3 Å². The Morgan fingerprint density at radius 3 is 2.80 bits per heavy atom. The largest absolute Gasteiger partial charge is 0.497 e. The lowest BCUT2D eigenvalue weighted by Crippen LogP contribution is -1.91. The van der Waals surface area contributed by atoms with Crippen LogP contribution in [0.5, 0.6) is 5.75 Å². The van der Waals surface area contributed by atoms with Gasteiger partial charge in [-0.3, -0.25) is 4.98 Å². The molecule has 0 bridgehead atoms. The van der Waals surface area contributed by atoms with Crippen LogP contribution in [0.4, 0.5) is 0 Å². The molecule has 0 fully saturated rings. The maximum absolute atomic E-state index is 5.17. The molecule has 2 rings (SSSR count). The zero-order valence-electron chi connectivity index (χ0n) is 8.68. The molecule has 1 aromatic carbocycles. The van der Waals surface area contributed by atoms with Gasteiger partial charge in [0.25, 0.3) is 0 Å². The van der Waals surface area contributed by atoms with Crippen molar-refractivity contribution >= 4 is 0 Å². The second-order valence-electron chi connectivity index (χ2n) is 3.35. The molecule has 2 heteroatoms. The van der Waals surface area contributed by atoms with Crippen molar-refractivity contribution in [2.45, 2.75) is 6.42 Å². The first-order chi connectivity index (χ1) is 7.38. The molecule has 0 amide bonds. The molecule has 0 unspecified atom stereocenters. The number of hydrogen-bond acceptors (Lipinski definition) is 2. The van der Waals surface area contributed by atoms with Crippen LogP contribution in [0.3, 0.4) is 0 Å². The summed E-state index contributed by atoms with van der Waals surface area (Å²) in [6.07, 6.45) is 2.66. The molecule has 1 heterocycles. The number of ether oxygens (including phenoxy) is 1. The molecular weight excluding hydrogens is 186 g/mol. The lowest BCUT2D eigenvalue weighted by Gasteiger charge is -2.03. The Balaban J connectivity index is 2.17. The van der Waals surface area contributed by atoms with Gasteiger partial charge in [0, 0.05) is 18.3 Å². The summed E-state index contributed by atoms with van der Waals surface area (Å²) in [5.41, 5.74) is 2.29. The van der Waals surface area contributed by atoms with Crippen molar-refractivity contribution in [1.82, 2.24) is 4.98 Å². The van der Waals surface area contributed by atoms with Crippen molar-refractivity contribution in [3.63, 3.8) is 0 Å². The number of aromatic nitrogens is 1. The second kappa shape index (κ2) is 4.60. The summed E-state index contributed by atoms with van der Waals surface area (Å²) in [5, 5.41) is 0. The molecule has 0 atom stereocenters. The van der Waals surface area contributed by atoms with E-state index < -0.39 is 0 Å². The summed E-state index contributed by atoms with van der Waals surface area (Å²) < 4.78 is 5.17. The number of rotatable bonds is 3. The van der Waals surface area contributed by atoms with Gasteiger partial charge in [-0.2, -0.15) is 0 Å². The van der Waals surface area contributed by atoms with Gasteiger partial charge >= 0.3 is 0 Å². The summed E-state index contributed by atoms with van der Waals surface area (Å²) in [7, 11) is 1.68. The molecule has 0 aliphatic rings. The Hall–Kier alpha value is -1.83. The highest BCUT2D eigenvalue weighted by atomic mass is 16.5. The van der Waals surface area contributed by atoms with Crippen molar-refractivity contribution in [3.05, 3.63) is 59.9 Å². The Kier molecular flexibility index (Phi) is 2.98. The molecule has 2 aromatic rings. The fourth-order valence-electron chi connectivity index (χ4n) is 1.49. The third kappa shape index (κ3) is 2.56. The molecular formula is C13H13NO. The third-order valence-electron chi connectivity index (χ3n) is 2.25. The third-order valence-corrected chi connectivity index (χ3v) is 2.25. The average molecular weight is 199 g/mol. The van der Waals surface area contributed by atoms with E-state index in [-0.39, 0.29) is 0 Å². The van der Waals surface area contributed by atoms with Crippen LogP contribution in [-0.4, -0.2) is 12.1 Å². The first kappa shape index (κ1) is 9.71. The average Bonchev–Trinajstić information content (AvgIpc) is 2.31. The SMILES string of the molecule is COc1cccc(Cc2ccccn2)c1. The summed E-state index contributed by atoms with van der Waals surface area (Å²) in [5.74, 6) is 0.892. The van der Waals surface area contributed by atoms with Gasteiger partial charge in [-0.15, -0.1) is 0 Å². The fourth-order valence-corrected chi connectivity index (χ4v) is 1.49. The van der Waals surface area contributed by atoms with E-state index in [0.717, 1.165) is 17.9 Å². The summed E-state index contributed by atoms with van der Waals surface area (Å²) in [6, 6.07) is 14.0. The minimum Gasteiger partial charge on any atom is -0.497 e. The first-order valence-electron chi connectivity index (χ1n) is 4.91. The second-order valence-corrected chi connectivity index (χ2v) is 3.35. The maximum atomic E-state index is 5.17. The van der Waals surface area contributed by atoms with Gasteiger partial charge in [0.1, 0.15) is 5.75 Å². The Morgan fingerprint density at radius 1 is 1.13 bits per heavy atom. The molecule has 0 N–H and O–H groups in total. The number of pyridine rings is 1. The van der Waals surface area contributed by atoms with Gasteiger partial charge in [-0.05, 0) is 29.8 Å². The van der Waals surface area contributed by atoms with Crippen molar-refractivity contribution in [1.29, 1.82) is 0 Å². The van der Waals surface area contributed by atoms with E-state index in [1.54, 1.807) is 7.11 Å². The molecule has 0 saturated carbocycles. The van der Waals surface area contributed by atoms with E-state index in [9.17, 15) is 0 Å². The summed E-state index contributed by atoms with van der Waals surface area (Å²) in [4.78, 5) is 4.29. The predicted molar refractivity (Wildman–Crippen MR) is 60.0 cm³/mol. The van der Waals surface area contributed by atoms with Crippen LogP contribution in [0.25, 0.3) is 0 Å². The molecule has 0 spiro atoms. The predicted octanol–water partition coefficient (Wildman–Crippen LogP) is 2.68. The van der Waals surface area contributed by atoms with E-state index in [1.165, 1.54) is 5.56 Å². The molecule has 0 aliphatic heterocycles. The normalized spacial score (nSPS) is 9.93. The summed E-state index contributed by atoms with van der Waals surface area (Å²) in [6.45, 7) is 0. The van der Waals surface area contributed by atoms with E-state index >= 15 is 0 Å². The van der Waals surface area contributed by atoms with Crippen LogP contribution in [0, 0.1) is 0 Å². The molecule has 2 nitrogen and oxygen atoms in total. The number of nitrogens with zero attached hydrogens (tertiary/aromatic N) is 1. The van der Waals surface area contributed by atoms with Crippen molar-refractivity contribution in [2.24, 2.45) is 0 Å². The molecule has 0 saturated heterocycles. The highest BCUT2D eigenvalue weighted by Crippen LogP contribution is 2.14. The number of methoxy groups -OCH3 is 1. The van der Waals surface area contributed by atoms with Gasteiger partial charge < -0.3 is 4.74 Å². The first-order valence-corrected chi connectivity index (χ1v) is 4.91. The van der Waals surface area contributed by atoms with Gasteiger partial charge in [0.2, 0.25) is 0 Å². The Morgan fingerprint density at radius 2 is 2.07 bits per heavy atom. The van der Waals surface area contributed by atoms with Gasteiger partial charge in [-0.25, -0.2) is 0 Å².